The van der Waals surface area contributed by atoms with Crippen molar-refractivity contribution in [2.45, 2.75) is 37.0 Å². The molecule has 182 valence electrons. The molecule has 0 saturated carbocycles. The molecule has 4 rings (SSSR count). The number of hydrogen-bond donors (Lipinski definition) is 1. The fourth-order valence-corrected chi connectivity index (χ4v) is 5.25. The second-order valence-corrected chi connectivity index (χ2v) is 11.3. The smallest absolute Gasteiger partial charge is 0.330 e. The Morgan fingerprint density at radius 3 is 2.43 bits per heavy atom. The van der Waals surface area contributed by atoms with E-state index in [0.717, 1.165) is 5.57 Å². The zero-order valence-electron chi connectivity index (χ0n) is 20.0. The molecule has 1 atom stereocenters. The zero-order valence-corrected chi connectivity index (χ0v) is 20.8. The summed E-state index contributed by atoms with van der Waals surface area (Å²) in [6.45, 7) is 5.99. The Labute approximate surface area is 204 Å². The van der Waals surface area contributed by atoms with Crippen molar-refractivity contribution < 1.29 is 23.1 Å². The predicted octanol–water partition coefficient (Wildman–Crippen LogP) is 4.71. The maximum absolute atomic E-state index is 13.0. The minimum Gasteiger partial charge on any atom is -0.506 e. The van der Waals surface area contributed by atoms with Gasteiger partial charge in [-0.2, -0.15) is 0 Å². The van der Waals surface area contributed by atoms with Crippen LogP contribution in [0.25, 0.3) is 16.7 Å². The van der Waals surface area contributed by atoms with E-state index >= 15 is 0 Å². The lowest BCUT2D eigenvalue weighted by Crippen LogP contribution is -2.21. The first-order valence-corrected chi connectivity index (χ1v) is 12.6. The Bertz CT molecular complexity index is 1480. The van der Waals surface area contributed by atoms with Crippen molar-refractivity contribution in [1.82, 2.24) is 15.0 Å². The highest BCUT2D eigenvalue weighted by atomic mass is 32.2. The van der Waals surface area contributed by atoms with Crippen LogP contribution in [0.2, 0.25) is 0 Å². The number of benzene rings is 2. The monoisotopic (exact) mass is 493 g/mol. The van der Waals surface area contributed by atoms with Crippen molar-refractivity contribution in [1.29, 1.82) is 0 Å². The standard InChI is InChI=1S/C26H27N3O5S/c1-26(2,3)20-14-17(10-13-24(30)34-4)15-23(25(20)31)29-27-21-12-11-19(16-22(21)28-29)35(32,33)18-8-6-5-7-9-18/h5-13,15-17,31H,14H2,1-4H3. The summed E-state index contributed by atoms with van der Waals surface area (Å²) in [5.74, 6) is -0.596. The van der Waals surface area contributed by atoms with Gasteiger partial charge in [0.1, 0.15) is 22.5 Å². The summed E-state index contributed by atoms with van der Waals surface area (Å²) in [6.07, 6.45) is 5.38. The maximum atomic E-state index is 13.0. The van der Waals surface area contributed by atoms with Crippen LogP contribution in [0.15, 0.2) is 87.9 Å². The van der Waals surface area contributed by atoms with Crippen molar-refractivity contribution in [3.05, 3.63) is 78.1 Å². The van der Waals surface area contributed by atoms with E-state index < -0.39 is 15.8 Å². The van der Waals surface area contributed by atoms with Crippen LogP contribution in [0, 0.1) is 11.3 Å². The van der Waals surface area contributed by atoms with Crippen LogP contribution in [0.3, 0.4) is 0 Å². The van der Waals surface area contributed by atoms with E-state index in [1.165, 1.54) is 30.1 Å². The Morgan fingerprint density at radius 2 is 1.77 bits per heavy atom. The molecule has 1 heterocycles. The van der Waals surface area contributed by atoms with Gasteiger partial charge in [0.25, 0.3) is 0 Å². The van der Waals surface area contributed by atoms with Gasteiger partial charge in [-0.3, -0.25) is 0 Å². The third-order valence-corrected chi connectivity index (χ3v) is 7.62. The average Bonchev–Trinajstić information content (AvgIpc) is 3.26. The van der Waals surface area contributed by atoms with E-state index in [0.29, 0.717) is 23.2 Å². The molecule has 0 aliphatic heterocycles. The number of esters is 1. The summed E-state index contributed by atoms with van der Waals surface area (Å²) in [4.78, 5) is 13.2. The fraction of sp³-hybridized carbons (Fsp3) is 0.269. The number of carbonyl (C=O) groups is 1. The summed E-state index contributed by atoms with van der Waals surface area (Å²) in [5, 5.41) is 20.1. The van der Waals surface area contributed by atoms with Crippen LogP contribution in [0.4, 0.5) is 0 Å². The second kappa shape index (κ2) is 9.14. The molecule has 0 amide bonds. The second-order valence-electron chi connectivity index (χ2n) is 9.34. The van der Waals surface area contributed by atoms with Gasteiger partial charge in [0.2, 0.25) is 9.84 Å². The molecule has 1 aliphatic carbocycles. The summed E-state index contributed by atoms with van der Waals surface area (Å²) in [6, 6.07) is 12.8. The van der Waals surface area contributed by atoms with Gasteiger partial charge < -0.3 is 9.84 Å². The molecular formula is C26H27N3O5S. The molecule has 9 heteroatoms. The zero-order chi connectivity index (χ0) is 25.4. The Kier molecular flexibility index (Phi) is 6.38. The van der Waals surface area contributed by atoms with Gasteiger partial charge in [0.15, 0.2) is 0 Å². The fourth-order valence-electron chi connectivity index (χ4n) is 3.95. The number of rotatable bonds is 5. The highest BCUT2D eigenvalue weighted by molar-refractivity contribution is 7.91. The molecule has 0 fully saturated rings. The minimum absolute atomic E-state index is 0.0673. The number of aromatic nitrogens is 3. The molecule has 0 saturated heterocycles. The number of nitrogens with zero attached hydrogens (tertiary/aromatic N) is 3. The number of carbonyl (C=O) groups excluding carboxylic acids is 1. The first-order valence-electron chi connectivity index (χ1n) is 11.1. The lowest BCUT2D eigenvalue weighted by atomic mass is 9.77. The quantitative estimate of drug-likeness (QED) is 0.405. The summed E-state index contributed by atoms with van der Waals surface area (Å²) < 4.78 is 30.7. The molecule has 1 aliphatic rings. The van der Waals surface area contributed by atoms with E-state index in [4.69, 9.17) is 4.74 Å². The van der Waals surface area contributed by atoms with Crippen LogP contribution < -0.4 is 0 Å². The predicted molar refractivity (Wildman–Crippen MR) is 132 cm³/mol. The van der Waals surface area contributed by atoms with E-state index in [-0.39, 0.29) is 26.9 Å². The molecule has 2 aromatic carbocycles. The number of aliphatic hydroxyl groups is 1. The van der Waals surface area contributed by atoms with Gasteiger partial charge in [0.05, 0.1) is 16.9 Å². The molecule has 1 N–H and O–H groups in total. The number of ether oxygens (including phenoxy) is 1. The Hall–Kier alpha value is -3.72. The van der Waals surface area contributed by atoms with Crippen molar-refractivity contribution >= 4 is 32.5 Å². The van der Waals surface area contributed by atoms with Gasteiger partial charge in [0, 0.05) is 12.0 Å². The van der Waals surface area contributed by atoms with Crippen LogP contribution in [-0.4, -0.2) is 41.6 Å². The van der Waals surface area contributed by atoms with Crippen molar-refractivity contribution in [3.63, 3.8) is 0 Å². The van der Waals surface area contributed by atoms with Gasteiger partial charge >= 0.3 is 5.97 Å². The molecule has 0 spiro atoms. The molecule has 0 radical (unpaired) electrons. The van der Waals surface area contributed by atoms with Gasteiger partial charge in [-0.15, -0.1) is 15.0 Å². The minimum atomic E-state index is -3.72. The van der Waals surface area contributed by atoms with Crippen LogP contribution in [-0.2, 0) is 19.4 Å². The number of methoxy groups -OCH3 is 1. The SMILES string of the molecule is COC(=O)C=CC1C=C(n2nc3ccc(S(=O)(=O)c4ccccc4)cc3n2)C(O)=C(C(C)(C)C)C1. The number of hydrogen-bond acceptors (Lipinski definition) is 7. The largest absolute Gasteiger partial charge is 0.506 e. The molecule has 8 nitrogen and oxygen atoms in total. The molecule has 35 heavy (non-hydrogen) atoms. The first kappa shape index (κ1) is 24.4. The van der Waals surface area contributed by atoms with Gasteiger partial charge in [-0.25, -0.2) is 13.2 Å². The lowest BCUT2D eigenvalue weighted by molar-refractivity contribution is -0.134. The first-order chi connectivity index (χ1) is 16.5. The average molecular weight is 494 g/mol. The summed E-state index contributed by atoms with van der Waals surface area (Å²) in [5.41, 5.74) is 1.67. The number of allylic oxidation sites excluding steroid dienone is 4. The number of fused-ring (bicyclic) bond motifs is 1. The normalized spacial score (nSPS) is 17.1. The van der Waals surface area contributed by atoms with Crippen molar-refractivity contribution in [3.8, 4) is 0 Å². The third-order valence-electron chi connectivity index (χ3n) is 5.86. The molecular weight excluding hydrogens is 466 g/mol. The van der Waals surface area contributed by atoms with Gasteiger partial charge in [-0.1, -0.05) is 45.0 Å². The van der Waals surface area contributed by atoms with Crippen molar-refractivity contribution in [2.24, 2.45) is 11.3 Å². The van der Waals surface area contributed by atoms with E-state index in [9.17, 15) is 18.3 Å². The van der Waals surface area contributed by atoms with E-state index in [2.05, 4.69) is 10.2 Å². The number of aliphatic hydroxyl groups excluding tert-OH is 1. The van der Waals surface area contributed by atoms with Crippen LogP contribution >= 0.6 is 0 Å². The highest BCUT2D eigenvalue weighted by Crippen LogP contribution is 2.40. The number of sulfone groups is 1. The Morgan fingerprint density at radius 1 is 1.09 bits per heavy atom. The lowest BCUT2D eigenvalue weighted by Gasteiger charge is -2.30. The molecule has 0 bridgehead atoms. The van der Waals surface area contributed by atoms with Crippen LogP contribution in [0.5, 0.6) is 0 Å². The Balaban J connectivity index is 1.78. The summed E-state index contributed by atoms with van der Waals surface area (Å²) >= 11 is 0. The topological polar surface area (TPSA) is 111 Å². The molecule has 1 aromatic heterocycles. The van der Waals surface area contributed by atoms with E-state index in [1.54, 1.807) is 48.6 Å². The van der Waals surface area contributed by atoms with E-state index in [1.807, 2.05) is 20.8 Å². The third kappa shape index (κ3) is 4.90. The molecule has 1 unspecified atom stereocenters. The molecule has 3 aromatic rings. The van der Waals surface area contributed by atoms with Gasteiger partial charge in [-0.05, 0) is 53.8 Å². The van der Waals surface area contributed by atoms with Crippen molar-refractivity contribution in [2.75, 3.05) is 7.11 Å². The maximum Gasteiger partial charge on any atom is 0.330 e. The highest BCUT2D eigenvalue weighted by Gasteiger charge is 2.30. The van der Waals surface area contributed by atoms with Crippen LogP contribution in [0.1, 0.15) is 27.2 Å². The summed E-state index contributed by atoms with van der Waals surface area (Å²) in [7, 11) is -2.40.